The molecule has 0 amide bonds. The van der Waals surface area contributed by atoms with Crippen LogP contribution in [0, 0.1) is 0 Å². The van der Waals surface area contributed by atoms with Crippen LogP contribution in [0.1, 0.15) is 37.4 Å². The van der Waals surface area contributed by atoms with Crippen LogP contribution in [0.5, 0.6) is 0 Å². The summed E-state index contributed by atoms with van der Waals surface area (Å²) in [5.74, 6) is -1.32. The molecule has 1 aromatic heterocycles. The third-order valence-electron chi connectivity index (χ3n) is 7.55. The molecule has 0 aliphatic carbocycles. The van der Waals surface area contributed by atoms with E-state index < -0.39 is 17.7 Å². The van der Waals surface area contributed by atoms with Crippen molar-refractivity contribution >= 4 is 28.3 Å². The summed E-state index contributed by atoms with van der Waals surface area (Å²) in [5, 5.41) is 12.7. The number of nitrogens with zero attached hydrogens (tertiary/aromatic N) is 1. The van der Waals surface area contributed by atoms with Gasteiger partial charge >= 0.3 is 12.1 Å². The Labute approximate surface area is 256 Å². The third kappa shape index (κ3) is 6.17. The second kappa shape index (κ2) is 12.1. The quantitative estimate of drug-likeness (QED) is 0.170. The fourth-order valence-electron chi connectivity index (χ4n) is 5.29. The number of carboxylic acid groups (broad SMARTS) is 1. The van der Waals surface area contributed by atoms with Gasteiger partial charge in [-0.25, -0.2) is 4.79 Å². The molecule has 0 saturated heterocycles. The summed E-state index contributed by atoms with van der Waals surface area (Å²) < 4.78 is 41.8. The Morgan fingerprint density at radius 2 is 1.38 bits per heavy atom. The van der Waals surface area contributed by atoms with Crippen LogP contribution in [0.3, 0.4) is 0 Å². The normalized spacial score (nSPS) is 11.4. The minimum absolute atomic E-state index is 0.206. The van der Waals surface area contributed by atoms with Gasteiger partial charge in [0.15, 0.2) is 5.78 Å². The molecule has 0 bridgehead atoms. The Kier molecular flexibility index (Phi) is 7.87. The van der Waals surface area contributed by atoms with Gasteiger partial charge in [0.05, 0.1) is 16.6 Å². The fourth-order valence-corrected chi connectivity index (χ4v) is 5.29. The summed E-state index contributed by atoms with van der Waals surface area (Å²) in [6, 6.07) is 34.2. The average molecular weight is 603 g/mol. The number of rotatable bonds is 8. The Morgan fingerprint density at radius 3 is 2.04 bits per heavy atom. The Morgan fingerprint density at radius 1 is 0.711 bits per heavy atom. The van der Waals surface area contributed by atoms with Crippen molar-refractivity contribution < 1.29 is 27.9 Å². The molecule has 222 valence electrons. The van der Waals surface area contributed by atoms with Crippen LogP contribution in [-0.4, -0.2) is 21.8 Å². The van der Waals surface area contributed by atoms with Crippen molar-refractivity contribution in [3.8, 4) is 22.3 Å². The molecule has 5 aromatic carbocycles. The Balaban J connectivity index is 1.32. The number of benzene rings is 5. The van der Waals surface area contributed by atoms with Crippen molar-refractivity contribution in [1.29, 1.82) is 0 Å². The van der Waals surface area contributed by atoms with E-state index in [1.807, 2.05) is 36.4 Å². The number of ketones is 1. The average Bonchev–Trinajstić information content (AvgIpc) is 3.06. The van der Waals surface area contributed by atoms with E-state index in [2.05, 4.69) is 10.3 Å². The maximum atomic E-state index is 13.9. The van der Waals surface area contributed by atoms with Crippen LogP contribution in [0.15, 0.2) is 128 Å². The SMILES string of the molecule is O=C(O)c1ccc(-c2ccc(CNc3cccc(-c4c(C(=O)c5ccccc5)cnc5c(C(F)(F)F)cccc45)c3)cc2)cc1. The standard InChI is InChI=1S/C37H25F3N2O3/c38-37(39,40)32-11-5-10-30-33(31(22-42-34(30)32)35(43)26-6-2-1-3-7-26)28-8-4-9-29(20-28)41-21-23-12-14-24(15-13-23)25-16-18-27(19-17-25)36(44)45/h1-20,22,41H,21H2,(H,44,45). The molecule has 0 radical (unpaired) electrons. The highest BCUT2D eigenvalue weighted by atomic mass is 19.4. The highest BCUT2D eigenvalue weighted by Crippen LogP contribution is 2.39. The number of hydrogen-bond donors (Lipinski definition) is 2. The second-order valence-electron chi connectivity index (χ2n) is 10.5. The van der Waals surface area contributed by atoms with E-state index in [0.29, 0.717) is 23.2 Å². The molecule has 2 N–H and O–H groups in total. The van der Waals surface area contributed by atoms with Crippen molar-refractivity contribution in [3.63, 3.8) is 0 Å². The van der Waals surface area contributed by atoms with Gasteiger partial charge in [-0.3, -0.25) is 9.78 Å². The Bertz CT molecular complexity index is 2020. The lowest BCUT2D eigenvalue weighted by Gasteiger charge is -2.17. The molecular formula is C37H25F3N2O3. The molecule has 0 unspecified atom stereocenters. The van der Waals surface area contributed by atoms with Gasteiger partial charge in [0.2, 0.25) is 0 Å². The summed E-state index contributed by atoms with van der Waals surface area (Å²) in [6.07, 6.45) is -3.38. The first-order chi connectivity index (χ1) is 21.7. The number of carbonyl (C=O) groups excluding carboxylic acids is 1. The molecule has 0 fully saturated rings. The van der Waals surface area contributed by atoms with Gasteiger partial charge in [0, 0.05) is 40.5 Å². The lowest BCUT2D eigenvalue weighted by atomic mass is 9.91. The molecule has 1 heterocycles. The minimum atomic E-state index is -4.62. The number of alkyl halides is 3. The zero-order valence-electron chi connectivity index (χ0n) is 23.7. The highest BCUT2D eigenvalue weighted by Gasteiger charge is 2.34. The number of para-hydroxylation sites is 1. The van der Waals surface area contributed by atoms with E-state index >= 15 is 0 Å². The predicted octanol–water partition coefficient (Wildman–Crippen LogP) is 9.13. The number of carboxylic acids is 1. The smallest absolute Gasteiger partial charge is 0.418 e. The molecule has 45 heavy (non-hydrogen) atoms. The second-order valence-corrected chi connectivity index (χ2v) is 10.5. The monoisotopic (exact) mass is 602 g/mol. The van der Waals surface area contributed by atoms with Crippen molar-refractivity contribution in [2.75, 3.05) is 5.32 Å². The summed E-state index contributed by atoms with van der Waals surface area (Å²) in [6.45, 7) is 0.465. The zero-order chi connectivity index (χ0) is 31.6. The fraction of sp³-hybridized carbons (Fsp3) is 0.0541. The Hall–Kier alpha value is -5.76. The molecule has 0 saturated carbocycles. The van der Waals surface area contributed by atoms with Crippen molar-refractivity contribution in [2.45, 2.75) is 12.7 Å². The first-order valence-electron chi connectivity index (χ1n) is 14.0. The highest BCUT2D eigenvalue weighted by molar-refractivity contribution is 6.16. The lowest BCUT2D eigenvalue weighted by molar-refractivity contribution is -0.136. The number of aromatic carboxylic acids is 1. The van der Waals surface area contributed by atoms with Gasteiger partial charge in [0.25, 0.3) is 0 Å². The number of anilines is 1. The number of fused-ring (bicyclic) bond motifs is 1. The van der Waals surface area contributed by atoms with Gasteiger partial charge < -0.3 is 10.4 Å². The topological polar surface area (TPSA) is 79.3 Å². The first-order valence-corrected chi connectivity index (χ1v) is 14.0. The van der Waals surface area contributed by atoms with E-state index in [1.54, 1.807) is 72.8 Å². The maximum Gasteiger partial charge on any atom is 0.418 e. The number of aromatic nitrogens is 1. The van der Waals surface area contributed by atoms with Gasteiger partial charge in [-0.1, -0.05) is 91.0 Å². The molecule has 0 spiro atoms. The number of pyridine rings is 1. The molecule has 6 rings (SSSR count). The van der Waals surface area contributed by atoms with Crippen LogP contribution in [0.4, 0.5) is 18.9 Å². The summed E-state index contributed by atoms with van der Waals surface area (Å²) >= 11 is 0. The van der Waals surface area contributed by atoms with Gasteiger partial charge in [-0.2, -0.15) is 13.2 Å². The van der Waals surface area contributed by atoms with Crippen LogP contribution in [0.2, 0.25) is 0 Å². The molecule has 6 aromatic rings. The predicted molar refractivity (Wildman–Crippen MR) is 168 cm³/mol. The molecule has 0 aliphatic rings. The number of hydrogen-bond acceptors (Lipinski definition) is 4. The number of nitrogens with one attached hydrogen (secondary N) is 1. The molecule has 5 nitrogen and oxygen atoms in total. The van der Waals surface area contributed by atoms with Gasteiger partial charge in [-0.05, 0) is 52.6 Å². The van der Waals surface area contributed by atoms with E-state index in [4.69, 9.17) is 5.11 Å². The summed E-state index contributed by atoms with van der Waals surface area (Å²) in [4.78, 5) is 28.9. The van der Waals surface area contributed by atoms with Gasteiger partial charge in [-0.15, -0.1) is 0 Å². The van der Waals surface area contributed by atoms with Crippen LogP contribution >= 0.6 is 0 Å². The largest absolute Gasteiger partial charge is 0.478 e. The van der Waals surface area contributed by atoms with E-state index in [-0.39, 0.29) is 27.8 Å². The van der Waals surface area contributed by atoms with Crippen molar-refractivity contribution in [2.24, 2.45) is 0 Å². The first kappa shape index (κ1) is 29.3. The molecular weight excluding hydrogens is 577 g/mol. The number of halogens is 3. The van der Waals surface area contributed by atoms with E-state index in [0.717, 1.165) is 28.4 Å². The number of carbonyl (C=O) groups is 2. The van der Waals surface area contributed by atoms with Crippen molar-refractivity contribution in [3.05, 3.63) is 155 Å². The van der Waals surface area contributed by atoms with Crippen LogP contribution in [-0.2, 0) is 12.7 Å². The van der Waals surface area contributed by atoms with Gasteiger partial charge in [0.1, 0.15) is 0 Å². The molecule has 0 atom stereocenters. The molecule has 0 aliphatic heterocycles. The van der Waals surface area contributed by atoms with E-state index in [9.17, 15) is 22.8 Å². The summed E-state index contributed by atoms with van der Waals surface area (Å²) in [5.41, 5.74) is 4.23. The maximum absolute atomic E-state index is 13.9. The minimum Gasteiger partial charge on any atom is -0.478 e. The zero-order valence-corrected chi connectivity index (χ0v) is 23.7. The lowest BCUT2D eigenvalue weighted by Crippen LogP contribution is -2.09. The van der Waals surface area contributed by atoms with Crippen LogP contribution < -0.4 is 5.32 Å². The van der Waals surface area contributed by atoms with Crippen molar-refractivity contribution in [1.82, 2.24) is 4.98 Å². The molecule has 8 heteroatoms. The van der Waals surface area contributed by atoms with E-state index in [1.165, 1.54) is 12.3 Å². The summed E-state index contributed by atoms with van der Waals surface area (Å²) in [7, 11) is 0. The van der Waals surface area contributed by atoms with Crippen LogP contribution in [0.25, 0.3) is 33.2 Å². The third-order valence-corrected chi connectivity index (χ3v) is 7.55.